The molecule has 5 nitrogen and oxygen atoms in total. The average Bonchev–Trinajstić information content (AvgIpc) is 2.72. The summed E-state index contributed by atoms with van der Waals surface area (Å²) in [6.07, 6.45) is 2.27. The van der Waals surface area contributed by atoms with Gasteiger partial charge >= 0.3 is 5.97 Å². The van der Waals surface area contributed by atoms with Crippen LogP contribution in [0, 0.1) is 12.3 Å². The highest BCUT2D eigenvalue weighted by atomic mass is 32.1. The summed E-state index contributed by atoms with van der Waals surface area (Å²) < 4.78 is 4.13. The fraction of sp³-hybridized carbons (Fsp3) is 0.692. The SMILES string of the molecule is Cc1nsc(NCC2(C)CCN(C)CC2)c1C(=O)O. The van der Waals surface area contributed by atoms with Crippen molar-refractivity contribution in [1.82, 2.24) is 9.27 Å². The Bertz CT molecular complexity index is 464. The zero-order valence-corrected chi connectivity index (χ0v) is 12.5. The van der Waals surface area contributed by atoms with Crippen LogP contribution in [0.1, 0.15) is 35.8 Å². The smallest absolute Gasteiger partial charge is 0.340 e. The van der Waals surface area contributed by atoms with Crippen LogP contribution in [-0.2, 0) is 0 Å². The molecule has 2 heterocycles. The molecule has 0 spiro atoms. The number of hydrogen-bond acceptors (Lipinski definition) is 5. The van der Waals surface area contributed by atoms with Gasteiger partial charge in [-0.3, -0.25) is 0 Å². The molecular weight excluding hydrogens is 262 g/mol. The molecule has 1 aliphatic rings. The van der Waals surface area contributed by atoms with Gasteiger partial charge in [-0.25, -0.2) is 4.79 Å². The molecule has 0 bridgehead atoms. The topological polar surface area (TPSA) is 65.5 Å². The fourth-order valence-corrected chi connectivity index (χ4v) is 3.15. The van der Waals surface area contributed by atoms with Crippen LogP contribution in [0.2, 0.25) is 0 Å². The lowest BCUT2D eigenvalue weighted by molar-refractivity contribution is 0.0697. The minimum absolute atomic E-state index is 0.236. The van der Waals surface area contributed by atoms with E-state index in [1.807, 2.05) is 0 Å². The normalized spacial score (nSPS) is 19.3. The third kappa shape index (κ3) is 3.25. The van der Waals surface area contributed by atoms with Gasteiger partial charge < -0.3 is 15.3 Å². The standard InChI is InChI=1S/C13H21N3O2S/c1-9-10(12(17)18)11(19-15-9)14-8-13(2)4-6-16(3)7-5-13/h14H,4-8H2,1-3H3,(H,17,18). The highest BCUT2D eigenvalue weighted by molar-refractivity contribution is 7.10. The molecular formula is C13H21N3O2S. The first-order valence-corrected chi connectivity index (χ1v) is 7.31. The minimum atomic E-state index is -0.901. The van der Waals surface area contributed by atoms with Gasteiger partial charge in [0.2, 0.25) is 0 Å². The second-order valence-electron chi connectivity index (χ2n) is 5.74. The first-order chi connectivity index (χ1) is 8.91. The summed E-state index contributed by atoms with van der Waals surface area (Å²) >= 11 is 1.24. The molecule has 1 saturated heterocycles. The van der Waals surface area contributed by atoms with Gasteiger partial charge in [0.15, 0.2) is 0 Å². The molecule has 2 rings (SSSR count). The van der Waals surface area contributed by atoms with Gasteiger partial charge in [-0.15, -0.1) is 0 Å². The number of aromatic carboxylic acids is 1. The lowest BCUT2D eigenvalue weighted by Crippen LogP contribution is -2.40. The van der Waals surface area contributed by atoms with Gasteiger partial charge in [-0.1, -0.05) is 6.92 Å². The number of rotatable bonds is 4. The number of anilines is 1. The molecule has 2 N–H and O–H groups in total. The van der Waals surface area contributed by atoms with Gasteiger partial charge in [0, 0.05) is 6.54 Å². The van der Waals surface area contributed by atoms with E-state index in [0.29, 0.717) is 16.3 Å². The molecule has 1 aromatic heterocycles. The van der Waals surface area contributed by atoms with E-state index in [4.69, 9.17) is 0 Å². The number of carbonyl (C=O) groups is 1. The Morgan fingerprint density at radius 3 is 2.74 bits per heavy atom. The highest BCUT2D eigenvalue weighted by Gasteiger charge is 2.29. The zero-order chi connectivity index (χ0) is 14.0. The van der Waals surface area contributed by atoms with Crippen molar-refractivity contribution in [2.24, 2.45) is 5.41 Å². The van der Waals surface area contributed by atoms with E-state index in [0.717, 1.165) is 32.5 Å². The van der Waals surface area contributed by atoms with Crippen LogP contribution < -0.4 is 5.32 Å². The Balaban J connectivity index is 2.01. The van der Waals surface area contributed by atoms with Crippen molar-refractivity contribution in [2.75, 3.05) is 32.0 Å². The quantitative estimate of drug-likeness (QED) is 0.887. The summed E-state index contributed by atoms with van der Waals surface area (Å²) in [5.74, 6) is -0.901. The first kappa shape index (κ1) is 14.3. The molecule has 0 amide bonds. The van der Waals surface area contributed by atoms with Crippen molar-refractivity contribution in [1.29, 1.82) is 0 Å². The Hall–Kier alpha value is -1.14. The molecule has 19 heavy (non-hydrogen) atoms. The summed E-state index contributed by atoms with van der Waals surface area (Å²) in [5, 5.41) is 13.2. The van der Waals surface area contributed by atoms with Gasteiger partial charge in [-0.05, 0) is 56.9 Å². The maximum absolute atomic E-state index is 11.2. The summed E-state index contributed by atoms with van der Waals surface area (Å²) in [4.78, 5) is 13.5. The minimum Gasteiger partial charge on any atom is -0.478 e. The summed E-state index contributed by atoms with van der Waals surface area (Å²) in [6.45, 7) is 7.02. The lowest BCUT2D eigenvalue weighted by Gasteiger charge is -2.38. The van der Waals surface area contributed by atoms with Crippen molar-refractivity contribution < 1.29 is 9.90 Å². The lowest BCUT2D eigenvalue weighted by atomic mass is 9.80. The Morgan fingerprint density at radius 1 is 1.53 bits per heavy atom. The predicted octanol–water partition coefficient (Wildman–Crippen LogP) is 2.29. The molecule has 0 atom stereocenters. The average molecular weight is 283 g/mol. The van der Waals surface area contributed by atoms with Crippen molar-refractivity contribution in [2.45, 2.75) is 26.7 Å². The van der Waals surface area contributed by atoms with Crippen LogP contribution >= 0.6 is 11.5 Å². The van der Waals surface area contributed by atoms with Crippen LogP contribution in [-0.4, -0.2) is 47.0 Å². The predicted molar refractivity (Wildman–Crippen MR) is 77.1 cm³/mol. The van der Waals surface area contributed by atoms with Crippen LogP contribution in [0.15, 0.2) is 0 Å². The van der Waals surface area contributed by atoms with Gasteiger partial charge in [-0.2, -0.15) is 4.37 Å². The molecule has 106 valence electrons. The van der Waals surface area contributed by atoms with Crippen molar-refractivity contribution in [3.8, 4) is 0 Å². The number of likely N-dealkylation sites (tertiary alicyclic amines) is 1. The number of nitrogens with one attached hydrogen (secondary N) is 1. The largest absolute Gasteiger partial charge is 0.478 e. The van der Waals surface area contributed by atoms with E-state index in [2.05, 4.69) is 28.6 Å². The van der Waals surface area contributed by atoms with E-state index in [1.165, 1.54) is 11.5 Å². The Morgan fingerprint density at radius 2 is 2.16 bits per heavy atom. The van der Waals surface area contributed by atoms with Gasteiger partial charge in [0.05, 0.1) is 5.69 Å². The molecule has 1 aromatic rings. The van der Waals surface area contributed by atoms with Crippen molar-refractivity contribution in [3.05, 3.63) is 11.3 Å². The van der Waals surface area contributed by atoms with E-state index in [1.54, 1.807) is 6.92 Å². The number of carboxylic acid groups (broad SMARTS) is 1. The number of hydrogen-bond donors (Lipinski definition) is 2. The summed E-state index contributed by atoms with van der Waals surface area (Å²) in [7, 11) is 2.14. The summed E-state index contributed by atoms with van der Waals surface area (Å²) in [5.41, 5.74) is 1.15. The highest BCUT2D eigenvalue weighted by Crippen LogP contribution is 2.32. The monoisotopic (exact) mass is 283 g/mol. The third-order valence-corrected chi connectivity index (χ3v) is 4.84. The number of piperidine rings is 1. The molecule has 0 aliphatic carbocycles. The Kier molecular flexibility index (Phi) is 4.10. The Labute approximate surface area is 117 Å². The number of aryl methyl sites for hydroxylation is 1. The first-order valence-electron chi connectivity index (χ1n) is 6.53. The third-order valence-electron chi connectivity index (χ3n) is 3.95. The molecule has 0 radical (unpaired) electrons. The van der Waals surface area contributed by atoms with E-state index < -0.39 is 5.97 Å². The second kappa shape index (κ2) is 5.46. The molecule has 1 fully saturated rings. The maximum Gasteiger partial charge on any atom is 0.340 e. The van der Waals surface area contributed by atoms with Crippen LogP contribution in [0.3, 0.4) is 0 Å². The van der Waals surface area contributed by atoms with Gasteiger partial charge in [0.25, 0.3) is 0 Å². The molecule has 0 aromatic carbocycles. The maximum atomic E-state index is 11.2. The van der Waals surface area contributed by atoms with Crippen LogP contribution in [0.5, 0.6) is 0 Å². The summed E-state index contributed by atoms with van der Waals surface area (Å²) in [6, 6.07) is 0. The number of carboxylic acids is 1. The van der Waals surface area contributed by atoms with E-state index >= 15 is 0 Å². The number of nitrogens with zero attached hydrogens (tertiary/aromatic N) is 2. The second-order valence-corrected chi connectivity index (χ2v) is 6.52. The molecule has 6 heteroatoms. The fourth-order valence-electron chi connectivity index (χ4n) is 2.37. The van der Waals surface area contributed by atoms with Crippen molar-refractivity contribution >= 4 is 22.5 Å². The number of aromatic nitrogens is 1. The molecule has 0 saturated carbocycles. The van der Waals surface area contributed by atoms with Crippen molar-refractivity contribution in [3.63, 3.8) is 0 Å². The molecule has 1 aliphatic heterocycles. The van der Waals surface area contributed by atoms with Crippen LogP contribution in [0.25, 0.3) is 0 Å². The van der Waals surface area contributed by atoms with Gasteiger partial charge in [0.1, 0.15) is 10.6 Å². The van der Waals surface area contributed by atoms with E-state index in [-0.39, 0.29) is 5.41 Å². The zero-order valence-electron chi connectivity index (χ0n) is 11.7. The molecule has 0 unspecified atom stereocenters. The van der Waals surface area contributed by atoms with E-state index in [9.17, 15) is 9.90 Å². The van der Waals surface area contributed by atoms with Crippen LogP contribution in [0.4, 0.5) is 5.00 Å².